The van der Waals surface area contributed by atoms with Crippen LogP contribution in [0.3, 0.4) is 0 Å². The predicted octanol–water partition coefficient (Wildman–Crippen LogP) is 4.10. The number of aryl methyl sites for hydroxylation is 1. The van der Waals surface area contributed by atoms with E-state index in [1.165, 1.54) is 0 Å². The molecule has 1 N–H and O–H groups in total. The van der Waals surface area contributed by atoms with Crippen molar-refractivity contribution in [3.63, 3.8) is 0 Å². The van der Waals surface area contributed by atoms with E-state index in [4.69, 9.17) is 11.6 Å². The van der Waals surface area contributed by atoms with E-state index in [1.54, 1.807) is 18.3 Å². The summed E-state index contributed by atoms with van der Waals surface area (Å²) in [5.41, 5.74) is 2.74. The van der Waals surface area contributed by atoms with Crippen molar-refractivity contribution in [3.05, 3.63) is 77.6 Å². The van der Waals surface area contributed by atoms with Crippen LogP contribution in [-0.2, 0) is 11.2 Å². The predicted molar refractivity (Wildman–Crippen MR) is 92.0 cm³/mol. The molecule has 1 heterocycles. The van der Waals surface area contributed by atoms with Crippen LogP contribution in [-0.4, -0.2) is 15.7 Å². The number of hydrogen-bond donors (Lipinski definition) is 1. The van der Waals surface area contributed by atoms with Gasteiger partial charge in [-0.1, -0.05) is 35.9 Å². The lowest BCUT2D eigenvalue weighted by Crippen LogP contribution is -2.12. The zero-order valence-corrected chi connectivity index (χ0v) is 13.2. The summed E-state index contributed by atoms with van der Waals surface area (Å²) in [5, 5.41) is 7.77. The lowest BCUT2D eigenvalue weighted by molar-refractivity contribution is -0.116. The second kappa shape index (κ2) is 7.11. The van der Waals surface area contributed by atoms with E-state index >= 15 is 0 Å². The number of halogens is 1. The second-order valence-electron chi connectivity index (χ2n) is 5.19. The van der Waals surface area contributed by atoms with Gasteiger partial charge in [-0.05, 0) is 42.3 Å². The lowest BCUT2D eigenvalue weighted by atomic mass is 10.2. The highest BCUT2D eigenvalue weighted by molar-refractivity contribution is 6.30. The molecule has 0 fully saturated rings. The zero-order valence-electron chi connectivity index (χ0n) is 12.4. The van der Waals surface area contributed by atoms with E-state index in [9.17, 15) is 4.79 Å². The number of aromatic nitrogens is 2. The van der Waals surface area contributed by atoms with E-state index < -0.39 is 0 Å². The highest BCUT2D eigenvalue weighted by Crippen LogP contribution is 2.15. The van der Waals surface area contributed by atoms with Gasteiger partial charge < -0.3 is 5.32 Å². The number of hydrogen-bond acceptors (Lipinski definition) is 2. The zero-order chi connectivity index (χ0) is 16.1. The van der Waals surface area contributed by atoms with E-state index in [-0.39, 0.29) is 5.91 Å². The molecule has 0 radical (unpaired) electrons. The number of amides is 1. The summed E-state index contributed by atoms with van der Waals surface area (Å²) < 4.78 is 1.81. The van der Waals surface area contributed by atoms with Gasteiger partial charge in [0.15, 0.2) is 0 Å². The Morgan fingerprint density at radius 1 is 1.13 bits per heavy atom. The molecule has 1 aromatic heterocycles. The maximum absolute atomic E-state index is 12.0. The van der Waals surface area contributed by atoms with Gasteiger partial charge in [0, 0.05) is 23.3 Å². The van der Waals surface area contributed by atoms with E-state index in [0.29, 0.717) is 23.6 Å². The average molecular weight is 326 g/mol. The summed E-state index contributed by atoms with van der Waals surface area (Å²) in [7, 11) is 0. The standard InChI is InChI=1S/C18H16ClN3O/c19-15-5-4-6-16(11-15)21-18(23)10-9-14-12-20-22(13-14)17-7-2-1-3-8-17/h1-8,11-13H,9-10H2,(H,21,23). The molecule has 0 aliphatic carbocycles. The molecule has 0 aliphatic rings. The van der Waals surface area contributed by atoms with Crippen molar-refractivity contribution in [3.8, 4) is 5.69 Å². The normalized spacial score (nSPS) is 10.5. The fourth-order valence-corrected chi connectivity index (χ4v) is 2.45. The van der Waals surface area contributed by atoms with Gasteiger partial charge in [-0.2, -0.15) is 5.10 Å². The molecule has 23 heavy (non-hydrogen) atoms. The highest BCUT2D eigenvalue weighted by Gasteiger charge is 2.06. The molecule has 0 saturated heterocycles. The maximum atomic E-state index is 12.0. The van der Waals surface area contributed by atoms with Gasteiger partial charge in [0.05, 0.1) is 11.9 Å². The molecular formula is C18H16ClN3O. The first-order chi connectivity index (χ1) is 11.2. The Labute approximate surface area is 139 Å². The molecule has 4 nitrogen and oxygen atoms in total. The molecule has 2 aromatic carbocycles. The van der Waals surface area contributed by atoms with Crippen LogP contribution in [0.2, 0.25) is 5.02 Å². The number of nitrogens with one attached hydrogen (secondary N) is 1. The molecule has 116 valence electrons. The van der Waals surface area contributed by atoms with Gasteiger partial charge in [-0.25, -0.2) is 4.68 Å². The summed E-state index contributed by atoms with van der Waals surface area (Å²) in [5.74, 6) is -0.0419. The van der Waals surface area contributed by atoms with Crippen LogP contribution >= 0.6 is 11.6 Å². The first-order valence-electron chi connectivity index (χ1n) is 7.35. The number of anilines is 1. The summed E-state index contributed by atoms with van der Waals surface area (Å²) in [6.45, 7) is 0. The monoisotopic (exact) mass is 325 g/mol. The quantitative estimate of drug-likeness (QED) is 0.767. The third kappa shape index (κ3) is 4.20. The Balaban J connectivity index is 1.56. The number of carbonyl (C=O) groups excluding carboxylic acids is 1. The fraction of sp³-hybridized carbons (Fsp3) is 0.111. The number of para-hydroxylation sites is 1. The molecule has 0 unspecified atom stereocenters. The molecule has 0 bridgehead atoms. The minimum absolute atomic E-state index is 0.0419. The van der Waals surface area contributed by atoms with Crippen LogP contribution in [0, 0.1) is 0 Å². The molecule has 0 saturated carbocycles. The molecule has 0 atom stereocenters. The van der Waals surface area contributed by atoms with Gasteiger partial charge in [0.25, 0.3) is 0 Å². The van der Waals surface area contributed by atoms with Gasteiger partial charge in [-0.3, -0.25) is 4.79 Å². The van der Waals surface area contributed by atoms with Crippen molar-refractivity contribution in [2.75, 3.05) is 5.32 Å². The SMILES string of the molecule is O=C(CCc1cnn(-c2ccccc2)c1)Nc1cccc(Cl)c1. The third-order valence-corrected chi connectivity index (χ3v) is 3.64. The van der Waals surface area contributed by atoms with Crippen LogP contribution in [0.4, 0.5) is 5.69 Å². The molecule has 3 rings (SSSR count). The number of rotatable bonds is 5. The Bertz CT molecular complexity index is 799. The fourth-order valence-electron chi connectivity index (χ4n) is 2.26. The lowest BCUT2D eigenvalue weighted by Gasteiger charge is -2.04. The van der Waals surface area contributed by atoms with E-state index in [1.807, 2.05) is 53.3 Å². The van der Waals surface area contributed by atoms with Crippen LogP contribution in [0.15, 0.2) is 67.0 Å². The maximum Gasteiger partial charge on any atom is 0.224 e. The van der Waals surface area contributed by atoms with Crippen molar-refractivity contribution >= 4 is 23.2 Å². The van der Waals surface area contributed by atoms with Crippen LogP contribution in [0.5, 0.6) is 0 Å². The first-order valence-corrected chi connectivity index (χ1v) is 7.73. The smallest absolute Gasteiger partial charge is 0.224 e. The van der Waals surface area contributed by atoms with Gasteiger partial charge in [-0.15, -0.1) is 0 Å². The Kier molecular flexibility index (Phi) is 4.74. The minimum Gasteiger partial charge on any atom is -0.326 e. The number of nitrogens with zero attached hydrogens (tertiary/aromatic N) is 2. The molecule has 1 amide bonds. The summed E-state index contributed by atoms with van der Waals surface area (Å²) >= 11 is 5.90. The van der Waals surface area contributed by atoms with Crippen LogP contribution in [0.1, 0.15) is 12.0 Å². The Hall–Kier alpha value is -2.59. The van der Waals surface area contributed by atoms with E-state index in [2.05, 4.69) is 10.4 Å². The van der Waals surface area contributed by atoms with Crippen LogP contribution in [0.25, 0.3) is 5.69 Å². The van der Waals surface area contributed by atoms with E-state index in [0.717, 1.165) is 11.3 Å². The largest absolute Gasteiger partial charge is 0.326 e. The van der Waals surface area contributed by atoms with Crippen molar-refractivity contribution in [1.82, 2.24) is 9.78 Å². The minimum atomic E-state index is -0.0419. The molecule has 3 aromatic rings. The highest BCUT2D eigenvalue weighted by atomic mass is 35.5. The van der Waals surface area contributed by atoms with Crippen molar-refractivity contribution < 1.29 is 4.79 Å². The molecule has 0 aliphatic heterocycles. The summed E-state index contributed by atoms with van der Waals surface area (Å²) in [6.07, 6.45) is 4.77. The first kappa shape index (κ1) is 15.3. The summed E-state index contributed by atoms with van der Waals surface area (Å²) in [6, 6.07) is 17.0. The van der Waals surface area contributed by atoms with Gasteiger partial charge in [0.1, 0.15) is 0 Å². The molecule has 0 spiro atoms. The molecular weight excluding hydrogens is 310 g/mol. The average Bonchev–Trinajstić information content (AvgIpc) is 3.03. The summed E-state index contributed by atoms with van der Waals surface area (Å²) in [4.78, 5) is 12.0. The van der Waals surface area contributed by atoms with Crippen molar-refractivity contribution in [2.45, 2.75) is 12.8 Å². The Morgan fingerprint density at radius 3 is 2.74 bits per heavy atom. The van der Waals surface area contributed by atoms with Crippen molar-refractivity contribution in [2.24, 2.45) is 0 Å². The van der Waals surface area contributed by atoms with Crippen molar-refractivity contribution in [1.29, 1.82) is 0 Å². The number of carbonyl (C=O) groups is 1. The Morgan fingerprint density at radius 2 is 1.96 bits per heavy atom. The number of benzene rings is 2. The second-order valence-corrected chi connectivity index (χ2v) is 5.62. The van der Waals surface area contributed by atoms with Gasteiger partial charge in [0.2, 0.25) is 5.91 Å². The third-order valence-electron chi connectivity index (χ3n) is 3.41. The van der Waals surface area contributed by atoms with Gasteiger partial charge >= 0.3 is 0 Å². The van der Waals surface area contributed by atoms with Crippen LogP contribution < -0.4 is 5.32 Å². The topological polar surface area (TPSA) is 46.9 Å². The molecule has 5 heteroatoms.